The molecule has 0 radical (unpaired) electrons. The van der Waals surface area contributed by atoms with Gasteiger partial charge in [0.1, 0.15) is 24.7 Å². The van der Waals surface area contributed by atoms with Crippen molar-refractivity contribution in [2.45, 2.75) is 13.2 Å². The molecule has 2 aromatic carbocycles. The van der Waals surface area contributed by atoms with Crippen LogP contribution in [-0.2, 0) is 22.7 Å². The number of hydrazine groups is 1. The zero-order valence-corrected chi connectivity index (χ0v) is 16.1. The Labute approximate surface area is 173 Å². The van der Waals surface area contributed by atoms with Crippen LogP contribution in [0.25, 0.3) is 0 Å². The monoisotopic (exact) mass is 407 g/mol. The minimum absolute atomic E-state index is 0.203. The lowest BCUT2D eigenvalue weighted by atomic mass is 10.2. The maximum absolute atomic E-state index is 11.8. The summed E-state index contributed by atoms with van der Waals surface area (Å²) in [6.07, 6.45) is 1.49. The molecule has 0 aliphatic carbocycles. The van der Waals surface area contributed by atoms with E-state index in [0.29, 0.717) is 18.1 Å². The van der Waals surface area contributed by atoms with Crippen LogP contribution in [-0.4, -0.2) is 23.0 Å². The molecular weight excluding hydrogens is 386 g/mol. The van der Waals surface area contributed by atoms with Crippen LogP contribution in [0.1, 0.15) is 5.56 Å². The number of carbonyl (C=O) groups excluding carboxylic acids is 2. The Balaban J connectivity index is 1.37. The number of pyridine rings is 1. The molecule has 0 saturated carbocycles. The van der Waals surface area contributed by atoms with Crippen LogP contribution in [0.2, 0.25) is 0 Å². The van der Waals surface area contributed by atoms with Crippen molar-refractivity contribution >= 4 is 11.8 Å². The van der Waals surface area contributed by atoms with E-state index >= 15 is 0 Å². The van der Waals surface area contributed by atoms with Gasteiger partial charge in [0.15, 0.2) is 6.61 Å². The van der Waals surface area contributed by atoms with Crippen molar-refractivity contribution in [3.63, 3.8) is 0 Å². The van der Waals surface area contributed by atoms with Crippen molar-refractivity contribution in [3.8, 4) is 11.5 Å². The Morgan fingerprint density at radius 2 is 1.40 bits per heavy atom. The largest absolute Gasteiger partial charge is 0.489 e. The standard InChI is InChI=1S/C22H21N3O5/c26-20(14-25-13-5-4-8-22(25)28)23-24-21(27)16-30-19-11-9-18(10-12-19)29-15-17-6-2-1-3-7-17/h1-13H,14-16H2,(H,23,26)(H,24,27). The predicted octanol–water partition coefficient (Wildman–Crippen LogP) is 1.65. The minimum atomic E-state index is -0.534. The zero-order valence-electron chi connectivity index (χ0n) is 16.1. The van der Waals surface area contributed by atoms with E-state index in [0.717, 1.165) is 5.56 Å². The highest BCUT2D eigenvalue weighted by atomic mass is 16.5. The molecule has 8 nitrogen and oxygen atoms in total. The lowest BCUT2D eigenvalue weighted by Gasteiger charge is -2.10. The molecule has 3 aromatic rings. The number of ether oxygens (including phenoxy) is 2. The Morgan fingerprint density at radius 1 is 0.767 bits per heavy atom. The number of nitrogens with one attached hydrogen (secondary N) is 2. The van der Waals surface area contributed by atoms with Crippen molar-refractivity contribution in [2.24, 2.45) is 0 Å². The zero-order chi connectivity index (χ0) is 21.2. The van der Waals surface area contributed by atoms with Crippen LogP contribution in [0.3, 0.4) is 0 Å². The van der Waals surface area contributed by atoms with Gasteiger partial charge in [-0.1, -0.05) is 36.4 Å². The molecule has 2 amide bonds. The first-order valence-electron chi connectivity index (χ1n) is 9.23. The van der Waals surface area contributed by atoms with Crippen LogP contribution < -0.4 is 25.9 Å². The highest BCUT2D eigenvalue weighted by molar-refractivity contribution is 5.82. The summed E-state index contributed by atoms with van der Waals surface area (Å²) < 4.78 is 12.3. The molecule has 0 fully saturated rings. The van der Waals surface area contributed by atoms with Gasteiger partial charge in [-0.25, -0.2) is 0 Å². The van der Waals surface area contributed by atoms with Gasteiger partial charge >= 0.3 is 0 Å². The number of carbonyl (C=O) groups is 2. The van der Waals surface area contributed by atoms with Crippen LogP contribution in [0.4, 0.5) is 0 Å². The fourth-order valence-corrected chi connectivity index (χ4v) is 2.48. The molecule has 1 heterocycles. The van der Waals surface area contributed by atoms with E-state index in [9.17, 15) is 14.4 Å². The SMILES string of the molecule is O=C(COc1ccc(OCc2ccccc2)cc1)NNC(=O)Cn1ccccc1=O. The van der Waals surface area contributed by atoms with E-state index < -0.39 is 11.8 Å². The summed E-state index contributed by atoms with van der Waals surface area (Å²) in [5, 5.41) is 0. The summed E-state index contributed by atoms with van der Waals surface area (Å²) in [7, 11) is 0. The molecule has 0 saturated heterocycles. The summed E-state index contributed by atoms with van der Waals surface area (Å²) in [5.41, 5.74) is 5.23. The number of aromatic nitrogens is 1. The molecule has 0 aliphatic heterocycles. The number of hydrogen-bond acceptors (Lipinski definition) is 5. The Morgan fingerprint density at radius 3 is 2.10 bits per heavy atom. The molecule has 154 valence electrons. The minimum Gasteiger partial charge on any atom is -0.489 e. The number of hydrogen-bond donors (Lipinski definition) is 2. The van der Waals surface area contributed by atoms with Crippen LogP contribution >= 0.6 is 0 Å². The van der Waals surface area contributed by atoms with Gasteiger partial charge in [-0.15, -0.1) is 0 Å². The van der Waals surface area contributed by atoms with Crippen molar-refractivity contribution < 1.29 is 19.1 Å². The first-order chi connectivity index (χ1) is 14.6. The molecule has 0 bridgehead atoms. The lowest BCUT2D eigenvalue weighted by molar-refractivity contribution is -0.130. The molecule has 0 aliphatic rings. The first kappa shape index (κ1) is 20.7. The summed E-state index contributed by atoms with van der Waals surface area (Å²) in [6.45, 7) is -0.0285. The molecule has 0 atom stereocenters. The molecule has 8 heteroatoms. The quantitative estimate of drug-likeness (QED) is 0.554. The smallest absolute Gasteiger partial charge is 0.276 e. The van der Waals surface area contributed by atoms with Crippen molar-refractivity contribution in [3.05, 3.63) is 94.9 Å². The number of rotatable bonds is 8. The van der Waals surface area contributed by atoms with Gasteiger partial charge in [-0.05, 0) is 35.9 Å². The van der Waals surface area contributed by atoms with Gasteiger partial charge in [-0.2, -0.15) is 0 Å². The van der Waals surface area contributed by atoms with Crippen LogP contribution in [0.15, 0.2) is 83.8 Å². The van der Waals surface area contributed by atoms with E-state index in [-0.39, 0.29) is 18.7 Å². The fourth-order valence-electron chi connectivity index (χ4n) is 2.48. The maximum Gasteiger partial charge on any atom is 0.276 e. The van der Waals surface area contributed by atoms with Gasteiger partial charge in [0.05, 0.1) is 0 Å². The Hall–Kier alpha value is -4.07. The maximum atomic E-state index is 11.8. The van der Waals surface area contributed by atoms with Gasteiger partial charge in [0, 0.05) is 12.3 Å². The first-order valence-corrected chi connectivity index (χ1v) is 9.23. The third-order valence-electron chi connectivity index (χ3n) is 4.00. The molecule has 2 N–H and O–H groups in total. The molecule has 0 spiro atoms. The molecule has 0 unspecified atom stereocenters. The third-order valence-corrected chi connectivity index (χ3v) is 4.00. The Kier molecular flexibility index (Phi) is 7.21. The van der Waals surface area contributed by atoms with Gasteiger partial charge in [-0.3, -0.25) is 25.2 Å². The summed E-state index contributed by atoms with van der Waals surface area (Å²) in [5.74, 6) is 0.100. The normalized spacial score (nSPS) is 10.1. The highest BCUT2D eigenvalue weighted by Gasteiger charge is 2.07. The van der Waals surface area contributed by atoms with Crippen molar-refractivity contribution in [1.82, 2.24) is 15.4 Å². The van der Waals surface area contributed by atoms with E-state index in [1.165, 1.54) is 16.8 Å². The number of benzene rings is 2. The topological polar surface area (TPSA) is 98.7 Å². The number of amides is 2. The molecule has 1 aromatic heterocycles. The fraction of sp³-hybridized carbons (Fsp3) is 0.136. The van der Waals surface area contributed by atoms with E-state index in [1.807, 2.05) is 30.3 Å². The number of nitrogens with zero attached hydrogens (tertiary/aromatic N) is 1. The second kappa shape index (κ2) is 10.5. The molecule has 3 rings (SSSR count). The summed E-state index contributed by atoms with van der Waals surface area (Å²) in [4.78, 5) is 35.2. The van der Waals surface area contributed by atoms with Crippen LogP contribution in [0, 0.1) is 0 Å². The average molecular weight is 407 g/mol. The predicted molar refractivity (Wildman–Crippen MR) is 110 cm³/mol. The molecule has 30 heavy (non-hydrogen) atoms. The summed E-state index contributed by atoms with van der Waals surface area (Å²) in [6, 6.07) is 21.2. The van der Waals surface area contributed by atoms with E-state index in [4.69, 9.17) is 9.47 Å². The van der Waals surface area contributed by atoms with Crippen molar-refractivity contribution in [2.75, 3.05) is 6.61 Å². The van der Waals surface area contributed by atoms with Crippen LogP contribution in [0.5, 0.6) is 11.5 Å². The summed E-state index contributed by atoms with van der Waals surface area (Å²) >= 11 is 0. The lowest BCUT2D eigenvalue weighted by Crippen LogP contribution is -2.45. The van der Waals surface area contributed by atoms with E-state index in [2.05, 4.69) is 10.9 Å². The van der Waals surface area contributed by atoms with Gasteiger partial charge in [0.2, 0.25) is 0 Å². The molecular formula is C22H21N3O5. The third kappa shape index (κ3) is 6.52. The van der Waals surface area contributed by atoms with Gasteiger partial charge < -0.3 is 14.0 Å². The second-order valence-electron chi connectivity index (χ2n) is 6.30. The van der Waals surface area contributed by atoms with E-state index in [1.54, 1.807) is 36.4 Å². The second-order valence-corrected chi connectivity index (χ2v) is 6.30. The van der Waals surface area contributed by atoms with Crippen molar-refractivity contribution in [1.29, 1.82) is 0 Å². The average Bonchev–Trinajstić information content (AvgIpc) is 2.78. The Bertz CT molecular complexity index is 1030. The highest BCUT2D eigenvalue weighted by Crippen LogP contribution is 2.18. The van der Waals surface area contributed by atoms with Gasteiger partial charge in [0.25, 0.3) is 17.4 Å².